The number of ether oxygens (including phenoxy) is 1. The van der Waals surface area contributed by atoms with Crippen LogP contribution in [-0.4, -0.2) is 13.0 Å². The first kappa shape index (κ1) is 10.5. The van der Waals surface area contributed by atoms with Gasteiger partial charge in [0.2, 0.25) is 0 Å². The Hall–Kier alpha value is -0.540. The van der Waals surface area contributed by atoms with E-state index in [1.807, 2.05) is 0 Å². The van der Waals surface area contributed by atoms with Crippen molar-refractivity contribution in [1.29, 1.82) is 0 Å². The molecule has 0 fully saturated rings. The fraction of sp³-hybridized carbons (Fsp3) is 0.333. The number of allylic oxidation sites excluding steroid dienone is 2. The number of alkyl halides is 1. The van der Waals surface area contributed by atoms with Crippen LogP contribution < -0.4 is 11.5 Å². The van der Waals surface area contributed by atoms with Gasteiger partial charge in [0.1, 0.15) is 0 Å². The zero-order valence-corrected chi connectivity index (χ0v) is 7.62. The topological polar surface area (TPSA) is 61.3 Å². The molecular formula is C6H10Cl2N2O. The Balaban J connectivity index is 4.52. The van der Waals surface area contributed by atoms with Crippen molar-refractivity contribution in [2.45, 2.75) is 0 Å². The van der Waals surface area contributed by atoms with E-state index in [2.05, 4.69) is 0 Å². The number of hydrogen-bond acceptors (Lipinski definition) is 3. The van der Waals surface area contributed by atoms with Crippen LogP contribution in [0, 0.1) is 0 Å². The van der Waals surface area contributed by atoms with E-state index in [1.54, 1.807) is 0 Å². The minimum absolute atomic E-state index is 0.126. The molecule has 11 heavy (non-hydrogen) atoms. The molecule has 0 rings (SSSR count). The monoisotopic (exact) mass is 196 g/mol. The Morgan fingerprint density at radius 1 is 1.55 bits per heavy atom. The highest BCUT2D eigenvalue weighted by Gasteiger charge is 1.99. The van der Waals surface area contributed by atoms with E-state index in [-0.39, 0.29) is 16.9 Å². The van der Waals surface area contributed by atoms with Gasteiger partial charge in [0.05, 0.1) is 18.1 Å². The molecule has 0 saturated carbocycles. The van der Waals surface area contributed by atoms with Gasteiger partial charge in [0.25, 0.3) is 0 Å². The molecule has 0 spiro atoms. The molecule has 0 unspecified atom stereocenters. The fourth-order valence-corrected chi connectivity index (χ4v) is 0.814. The molecule has 4 N–H and O–H groups in total. The van der Waals surface area contributed by atoms with Gasteiger partial charge >= 0.3 is 0 Å². The molecule has 0 bridgehead atoms. The predicted molar refractivity (Wildman–Crippen MR) is 47.1 cm³/mol. The van der Waals surface area contributed by atoms with Crippen molar-refractivity contribution in [2.24, 2.45) is 11.5 Å². The first-order valence-corrected chi connectivity index (χ1v) is 3.74. The second-order valence-electron chi connectivity index (χ2n) is 1.76. The third-order valence-electron chi connectivity index (χ3n) is 0.992. The third-order valence-corrected chi connectivity index (χ3v) is 1.39. The van der Waals surface area contributed by atoms with Gasteiger partial charge in [-0.15, -0.1) is 11.6 Å². The number of rotatable bonds is 3. The van der Waals surface area contributed by atoms with Gasteiger partial charge in [-0.05, 0) is 6.08 Å². The predicted octanol–water partition coefficient (Wildman–Crippen LogP) is 1.08. The Morgan fingerprint density at radius 3 is 2.36 bits per heavy atom. The van der Waals surface area contributed by atoms with E-state index < -0.39 is 0 Å². The van der Waals surface area contributed by atoms with Gasteiger partial charge in [-0.2, -0.15) is 0 Å². The van der Waals surface area contributed by atoms with Crippen molar-refractivity contribution >= 4 is 23.2 Å². The summed E-state index contributed by atoms with van der Waals surface area (Å²) in [5.41, 5.74) is 11.1. The molecule has 0 aliphatic carbocycles. The van der Waals surface area contributed by atoms with Crippen molar-refractivity contribution in [2.75, 3.05) is 13.0 Å². The Labute approximate surface area is 75.6 Å². The number of nitrogens with two attached hydrogens (primary N) is 2. The molecule has 0 radical (unpaired) electrons. The van der Waals surface area contributed by atoms with E-state index in [0.717, 1.165) is 0 Å². The summed E-state index contributed by atoms with van der Waals surface area (Å²) in [4.78, 5) is 0. The second kappa shape index (κ2) is 5.16. The van der Waals surface area contributed by atoms with Crippen molar-refractivity contribution in [3.8, 4) is 0 Å². The molecule has 0 aliphatic heterocycles. The van der Waals surface area contributed by atoms with E-state index in [4.69, 9.17) is 39.4 Å². The second-order valence-corrected chi connectivity index (χ2v) is 2.46. The maximum atomic E-state index is 5.51. The SMILES string of the molecule is CO/C(N)=C(/C=C(\N)Cl)CCl. The first-order chi connectivity index (χ1) is 5.11. The van der Waals surface area contributed by atoms with Crippen molar-refractivity contribution in [3.63, 3.8) is 0 Å². The molecule has 0 atom stereocenters. The van der Waals surface area contributed by atoms with Gasteiger partial charge in [0, 0.05) is 5.57 Å². The molecule has 0 heterocycles. The van der Waals surface area contributed by atoms with Gasteiger partial charge in [-0.3, -0.25) is 0 Å². The summed E-state index contributed by atoms with van der Waals surface area (Å²) < 4.78 is 4.72. The summed E-state index contributed by atoms with van der Waals surface area (Å²) in [6, 6.07) is 0. The highest BCUT2D eigenvalue weighted by atomic mass is 35.5. The summed E-state index contributed by atoms with van der Waals surface area (Å²) >= 11 is 10.9. The molecule has 64 valence electrons. The van der Waals surface area contributed by atoms with E-state index in [0.29, 0.717) is 5.57 Å². The van der Waals surface area contributed by atoms with Gasteiger partial charge < -0.3 is 16.2 Å². The van der Waals surface area contributed by atoms with Crippen LogP contribution >= 0.6 is 23.2 Å². The minimum atomic E-state index is 0.126. The molecule has 0 saturated heterocycles. The number of hydrogen-bond donors (Lipinski definition) is 2. The number of methoxy groups -OCH3 is 1. The highest BCUT2D eigenvalue weighted by molar-refractivity contribution is 6.29. The van der Waals surface area contributed by atoms with Crippen molar-refractivity contribution in [1.82, 2.24) is 0 Å². The average Bonchev–Trinajstić information content (AvgIpc) is 1.98. The summed E-state index contributed by atoms with van der Waals surface area (Å²) in [6.45, 7) is 0. The first-order valence-electron chi connectivity index (χ1n) is 2.83. The van der Waals surface area contributed by atoms with Crippen LogP contribution in [0.25, 0.3) is 0 Å². The Kier molecular flexibility index (Phi) is 4.90. The lowest BCUT2D eigenvalue weighted by Crippen LogP contribution is -2.05. The Morgan fingerprint density at radius 2 is 2.09 bits per heavy atom. The molecule has 0 aliphatic rings. The van der Waals surface area contributed by atoms with Crippen LogP contribution in [0.5, 0.6) is 0 Å². The normalized spacial score (nSPS) is 14.3. The molecule has 5 heteroatoms. The zero-order chi connectivity index (χ0) is 8.85. The lowest BCUT2D eigenvalue weighted by atomic mass is 10.3. The fourth-order valence-electron chi connectivity index (χ4n) is 0.473. The summed E-state index contributed by atoms with van der Waals surface area (Å²) in [5.74, 6) is 0.441. The molecule has 0 aromatic heterocycles. The number of halogens is 2. The van der Waals surface area contributed by atoms with Gasteiger partial charge in [-0.25, -0.2) is 0 Å². The lowest BCUT2D eigenvalue weighted by Gasteiger charge is -2.02. The van der Waals surface area contributed by atoms with Gasteiger partial charge in [0.15, 0.2) is 5.88 Å². The molecule has 0 aromatic carbocycles. The summed E-state index contributed by atoms with van der Waals surface area (Å²) in [5, 5.41) is 0.126. The molecular weight excluding hydrogens is 187 g/mol. The Bertz CT molecular complexity index is 185. The zero-order valence-electron chi connectivity index (χ0n) is 6.10. The van der Waals surface area contributed by atoms with E-state index >= 15 is 0 Å². The van der Waals surface area contributed by atoms with Crippen LogP contribution in [0.1, 0.15) is 0 Å². The smallest absolute Gasteiger partial charge is 0.188 e. The maximum absolute atomic E-state index is 5.51. The standard InChI is InChI=1S/C6H10Cl2N2O/c1-11-6(10)4(3-7)2-5(8)9/h2H,3,9-10H2,1H3/b5-2-,6-4-. The minimum Gasteiger partial charge on any atom is -0.482 e. The largest absolute Gasteiger partial charge is 0.482 e. The summed E-state index contributed by atoms with van der Waals surface area (Å²) in [7, 11) is 1.44. The average molecular weight is 197 g/mol. The van der Waals surface area contributed by atoms with E-state index in [9.17, 15) is 0 Å². The third kappa shape index (κ3) is 4.01. The van der Waals surface area contributed by atoms with Crippen LogP contribution in [0.3, 0.4) is 0 Å². The summed E-state index contributed by atoms with van der Waals surface area (Å²) in [6.07, 6.45) is 1.45. The molecule has 0 amide bonds. The highest BCUT2D eigenvalue weighted by Crippen LogP contribution is 2.07. The lowest BCUT2D eigenvalue weighted by molar-refractivity contribution is 0.284. The van der Waals surface area contributed by atoms with Crippen LogP contribution in [-0.2, 0) is 4.74 Å². The van der Waals surface area contributed by atoms with Crippen LogP contribution in [0.4, 0.5) is 0 Å². The van der Waals surface area contributed by atoms with E-state index in [1.165, 1.54) is 13.2 Å². The van der Waals surface area contributed by atoms with Crippen LogP contribution in [0.15, 0.2) is 22.7 Å². The molecule has 3 nitrogen and oxygen atoms in total. The van der Waals surface area contributed by atoms with Crippen molar-refractivity contribution < 1.29 is 4.74 Å². The molecule has 0 aromatic rings. The quantitative estimate of drug-likeness (QED) is 0.308. The van der Waals surface area contributed by atoms with Crippen molar-refractivity contribution in [3.05, 3.63) is 22.7 Å². The van der Waals surface area contributed by atoms with Crippen LogP contribution in [0.2, 0.25) is 0 Å². The maximum Gasteiger partial charge on any atom is 0.188 e. The van der Waals surface area contributed by atoms with Gasteiger partial charge in [-0.1, -0.05) is 11.6 Å².